The summed E-state index contributed by atoms with van der Waals surface area (Å²) in [5.74, 6) is 0.681. The van der Waals surface area contributed by atoms with Crippen LogP contribution in [0.25, 0.3) is 0 Å². The highest BCUT2D eigenvalue weighted by molar-refractivity contribution is 7.12. The second-order valence-electron chi connectivity index (χ2n) is 6.05. The maximum Gasteiger partial charge on any atom is 0.353 e. The van der Waals surface area contributed by atoms with Crippen molar-refractivity contribution in [3.63, 3.8) is 0 Å². The quantitative estimate of drug-likeness (QED) is 0.248. The van der Waals surface area contributed by atoms with E-state index < -0.39 is 11.9 Å². The molecule has 0 aliphatic rings. The molecule has 0 unspecified atom stereocenters. The number of hydrogen-bond acceptors (Lipinski definition) is 8. The molecule has 2 aromatic carbocycles. The molecule has 0 bridgehead atoms. The summed E-state index contributed by atoms with van der Waals surface area (Å²) in [6.07, 6.45) is 1.47. The summed E-state index contributed by atoms with van der Waals surface area (Å²) < 4.78 is 21.0. The Morgan fingerprint density at radius 1 is 0.968 bits per heavy atom. The van der Waals surface area contributed by atoms with Gasteiger partial charge in [-0.05, 0) is 53.4 Å². The number of nitrogens with zero attached hydrogens (tertiary/aromatic N) is 1. The first-order valence-electron chi connectivity index (χ1n) is 9.05. The highest BCUT2D eigenvalue weighted by Gasteiger charge is 2.16. The molecule has 0 fully saturated rings. The van der Waals surface area contributed by atoms with Crippen LogP contribution in [0.1, 0.15) is 25.6 Å². The van der Waals surface area contributed by atoms with E-state index in [1.165, 1.54) is 51.0 Å². The third-order valence-electron chi connectivity index (χ3n) is 4.12. The molecule has 0 radical (unpaired) electrons. The van der Waals surface area contributed by atoms with Gasteiger partial charge in [0.15, 0.2) is 11.5 Å². The van der Waals surface area contributed by atoms with Crippen LogP contribution in [0.2, 0.25) is 0 Å². The Kier molecular flexibility index (Phi) is 7.23. The van der Waals surface area contributed by atoms with Crippen molar-refractivity contribution in [2.24, 2.45) is 5.10 Å². The molecular formula is C22H20N2O6S. The lowest BCUT2D eigenvalue weighted by atomic mass is 10.1. The number of benzene rings is 2. The summed E-state index contributed by atoms with van der Waals surface area (Å²) in [7, 11) is 4.43. The van der Waals surface area contributed by atoms with Crippen LogP contribution in [-0.4, -0.2) is 39.4 Å². The van der Waals surface area contributed by atoms with Crippen LogP contribution >= 0.6 is 11.3 Å². The van der Waals surface area contributed by atoms with Gasteiger partial charge in [-0.1, -0.05) is 6.07 Å². The number of methoxy groups -OCH3 is 3. The molecule has 0 saturated heterocycles. The Labute approximate surface area is 183 Å². The fourth-order valence-electron chi connectivity index (χ4n) is 2.62. The lowest BCUT2D eigenvalue weighted by Crippen LogP contribution is -2.18. The molecule has 0 aliphatic heterocycles. The van der Waals surface area contributed by atoms with Gasteiger partial charge in [-0.15, -0.1) is 11.3 Å². The van der Waals surface area contributed by atoms with Gasteiger partial charge in [-0.3, -0.25) is 4.79 Å². The first kappa shape index (κ1) is 21.8. The number of ether oxygens (including phenoxy) is 4. The first-order valence-corrected chi connectivity index (χ1v) is 9.92. The number of rotatable bonds is 8. The minimum atomic E-state index is -0.447. The van der Waals surface area contributed by atoms with E-state index in [9.17, 15) is 9.59 Å². The summed E-state index contributed by atoms with van der Waals surface area (Å²) in [6, 6.07) is 13.3. The lowest BCUT2D eigenvalue weighted by Gasteiger charge is -2.13. The van der Waals surface area contributed by atoms with Gasteiger partial charge in [0.2, 0.25) is 5.75 Å². The van der Waals surface area contributed by atoms with E-state index in [4.69, 9.17) is 18.9 Å². The standard InChI is InChI=1S/C22H20N2O6S/c1-27-17-11-15(12-18(28-2)20(17)29-3)21(25)24-23-13-14-6-8-16(9-7-14)30-22(26)19-5-4-10-31-19/h4-13H,1-3H3,(H,24,25)/b23-13-. The molecule has 9 heteroatoms. The normalized spacial score (nSPS) is 10.5. The average molecular weight is 440 g/mol. The maximum absolute atomic E-state index is 12.4. The van der Waals surface area contributed by atoms with E-state index in [1.807, 2.05) is 5.38 Å². The summed E-state index contributed by atoms with van der Waals surface area (Å²) in [4.78, 5) is 24.9. The topological polar surface area (TPSA) is 95.5 Å². The first-order chi connectivity index (χ1) is 15.0. The van der Waals surface area contributed by atoms with Crippen molar-refractivity contribution in [2.75, 3.05) is 21.3 Å². The molecule has 1 heterocycles. The van der Waals surface area contributed by atoms with Crippen LogP contribution in [-0.2, 0) is 0 Å². The summed E-state index contributed by atoms with van der Waals surface area (Å²) in [6.45, 7) is 0. The van der Waals surface area contributed by atoms with E-state index in [1.54, 1.807) is 36.4 Å². The van der Waals surface area contributed by atoms with Crippen LogP contribution in [0, 0.1) is 0 Å². The number of esters is 1. The summed E-state index contributed by atoms with van der Waals surface area (Å²) in [5, 5.41) is 5.77. The van der Waals surface area contributed by atoms with Gasteiger partial charge in [0, 0.05) is 5.56 Å². The van der Waals surface area contributed by atoms with Crippen molar-refractivity contribution in [1.82, 2.24) is 5.43 Å². The summed E-state index contributed by atoms with van der Waals surface area (Å²) in [5.41, 5.74) is 3.45. The SMILES string of the molecule is COc1cc(C(=O)N/N=C\c2ccc(OC(=O)c3cccs3)cc2)cc(OC)c1OC. The minimum Gasteiger partial charge on any atom is -0.493 e. The number of hydrazone groups is 1. The molecule has 1 aromatic heterocycles. The molecule has 3 rings (SSSR count). The van der Waals surface area contributed by atoms with Crippen molar-refractivity contribution in [2.45, 2.75) is 0 Å². The second-order valence-corrected chi connectivity index (χ2v) is 7.00. The molecule has 8 nitrogen and oxygen atoms in total. The lowest BCUT2D eigenvalue weighted by molar-refractivity contribution is 0.0739. The molecule has 0 saturated carbocycles. The van der Waals surface area contributed by atoms with Crippen LogP contribution < -0.4 is 24.4 Å². The third-order valence-corrected chi connectivity index (χ3v) is 4.97. The number of thiophene rings is 1. The van der Waals surface area contributed by atoms with E-state index in [-0.39, 0.29) is 0 Å². The highest BCUT2D eigenvalue weighted by atomic mass is 32.1. The second kappa shape index (κ2) is 10.3. The van der Waals surface area contributed by atoms with Gasteiger partial charge in [-0.2, -0.15) is 5.10 Å². The molecule has 0 spiro atoms. The van der Waals surface area contributed by atoms with Crippen LogP contribution in [0.3, 0.4) is 0 Å². The molecule has 1 N–H and O–H groups in total. The minimum absolute atomic E-state index is 0.294. The third kappa shape index (κ3) is 5.40. The molecular weight excluding hydrogens is 420 g/mol. The van der Waals surface area contributed by atoms with Gasteiger partial charge < -0.3 is 18.9 Å². The zero-order chi connectivity index (χ0) is 22.2. The van der Waals surface area contributed by atoms with E-state index >= 15 is 0 Å². The zero-order valence-corrected chi connectivity index (χ0v) is 17.9. The predicted molar refractivity (Wildman–Crippen MR) is 117 cm³/mol. The fourth-order valence-corrected chi connectivity index (χ4v) is 3.21. The predicted octanol–water partition coefficient (Wildman–Crippen LogP) is 3.76. The number of nitrogens with one attached hydrogen (secondary N) is 1. The van der Waals surface area contributed by atoms with Gasteiger partial charge in [0.1, 0.15) is 10.6 Å². The highest BCUT2D eigenvalue weighted by Crippen LogP contribution is 2.38. The Morgan fingerprint density at radius 2 is 1.65 bits per heavy atom. The zero-order valence-electron chi connectivity index (χ0n) is 17.1. The molecule has 0 atom stereocenters. The van der Waals surface area contributed by atoms with Crippen molar-refractivity contribution < 1.29 is 28.5 Å². The van der Waals surface area contributed by atoms with Crippen molar-refractivity contribution in [3.05, 3.63) is 69.9 Å². The van der Waals surface area contributed by atoms with Gasteiger partial charge in [0.05, 0.1) is 27.5 Å². The van der Waals surface area contributed by atoms with Crippen molar-refractivity contribution >= 4 is 29.4 Å². The molecule has 31 heavy (non-hydrogen) atoms. The molecule has 160 valence electrons. The van der Waals surface area contributed by atoms with Crippen molar-refractivity contribution in [3.8, 4) is 23.0 Å². The van der Waals surface area contributed by atoms with Gasteiger partial charge >= 0.3 is 5.97 Å². The number of carbonyl (C=O) groups excluding carboxylic acids is 2. The monoisotopic (exact) mass is 440 g/mol. The van der Waals surface area contributed by atoms with Gasteiger partial charge in [0.25, 0.3) is 5.91 Å². The number of carbonyl (C=O) groups is 2. The fraction of sp³-hybridized carbons (Fsp3) is 0.136. The summed E-state index contributed by atoms with van der Waals surface area (Å²) >= 11 is 1.31. The molecule has 3 aromatic rings. The van der Waals surface area contributed by atoms with E-state index in [2.05, 4.69) is 10.5 Å². The average Bonchev–Trinajstić information content (AvgIpc) is 3.34. The Morgan fingerprint density at radius 3 is 2.19 bits per heavy atom. The van der Waals surface area contributed by atoms with Crippen LogP contribution in [0.4, 0.5) is 0 Å². The Bertz CT molecular complexity index is 1050. The largest absolute Gasteiger partial charge is 0.493 e. The Balaban J connectivity index is 1.62. The number of hydrogen-bond donors (Lipinski definition) is 1. The Hall–Kier alpha value is -3.85. The van der Waals surface area contributed by atoms with E-state index in [0.29, 0.717) is 39.0 Å². The molecule has 0 aliphatic carbocycles. The van der Waals surface area contributed by atoms with Crippen LogP contribution in [0.15, 0.2) is 59.0 Å². The molecule has 1 amide bonds. The maximum atomic E-state index is 12.4. The van der Waals surface area contributed by atoms with Gasteiger partial charge in [-0.25, -0.2) is 10.2 Å². The van der Waals surface area contributed by atoms with E-state index in [0.717, 1.165) is 0 Å². The van der Waals surface area contributed by atoms with Crippen LogP contribution in [0.5, 0.6) is 23.0 Å². The smallest absolute Gasteiger partial charge is 0.353 e. The number of amides is 1. The van der Waals surface area contributed by atoms with Crippen molar-refractivity contribution in [1.29, 1.82) is 0 Å².